The monoisotopic (exact) mass is 94.1 g/mol. The Morgan fingerprint density at radius 3 is 1.00 bits per heavy atom. The first kappa shape index (κ1) is 15.8. The fourth-order valence-electron chi connectivity index (χ4n) is 0. The molecule has 0 atom stereocenters. The largest absolute Gasteiger partial charge is 1.00 e. The van der Waals surface area contributed by atoms with E-state index in [-0.39, 0.29) is 37.7 Å². The molecule has 0 saturated carbocycles. The van der Waals surface area contributed by atoms with Gasteiger partial charge in [0.25, 0.3) is 0 Å². The Morgan fingerprint density at radius 1 is 0.875 bits per heavy atom. The van der Waals surface area contributed by atoms with E-state index >= 15 is 0 Å². The second kappa shape index (κ2) is 7.41. The first-order chi connectivity index (χ1) is 2.64. The Balaban J connectivity index is -0.000000125. The Hall–Kier alpha value is 0.415. The summed E-state index contributed by atoms with van der Waals surface area (Å²) in [5.41, 5.74) is 1.41. The molecule has 0 spiro atoms. The summed E-state index contributed by atoms with van der Waals surface area (Å²) < 4.78 is 0. The van der Waals surface area contributed by atoms with Gasteiger partial charge in [-0.05, 0) is 0 Å². The second-order valence-corrected chi connectivity index (χ2v) is 1.21. The maximum atomic E-state index is 3.48. The third kappa shape index (κ3) is 9.65. The first-order valence-electron chi connectivity index (χ1n) is 1.66. The van der Waals surface area contributed by atoms with Crippen molar-refractivity contribution in [2.24, 2.45) is 0 Å². The standard InChI is InChI=1S/C6H8.2Li/c1-5(2)6(3)4;;/h1-4H2;;/q-2;2*+1. The van der Waals surface area contributed by atoms with Gasteiger partial charge < -0.3 is 11.1 Å². The molecule has 0 N–H and O–H groups in total. The predicted octanol–water partition coefficient (Wildman–Crippen LogP) is -4.23. The van der Waals surface area contributed by atoms with E-state index in [0.717, 1.165) is 0 Å². The van der Waals surface area contributed by atoms with E-state index in [1.165, 1.54) is 0 Å². The molecule has 0 unspecified atom stereocenters. The van der Waals surface area contributed by atoms with Crippen molar-refractivity contribution in [3.05, 3.63) is 38.2 Å². The molecule has 0 fully saturated rings. The molecule has 0 bridgehead atoms. The average Bonchev–Trinajstić information content (AvgIpc) is 1.36. The number of rotatable bonds is 1. The zero-order chi connectivity index (χ0) is 5.15. The second-order valence-electron chi connectivity index (χ2n) is 1.21. The third-order valence-corrected chi connectivity index (χ3v) is 0.500. The Kier molecular flexibility index (Phi) is 14.6. The smallest absolute Gasteiger partial charge is 0.307 e. The molecule has 0 aromatic heterocycles. The molecule has 0 heterocycles. The van der Waals surface area contributed by atoms with Gasteiger partial charge >= 0.3 is 37.7 Å². The summed E-state index contributed by atoms with van der Waals surface area (Å²) in [5, 5.41) is 0. The van der Waals surface area contributed by atoms with Gasteiger partial charge in [0.05, 0.1) is 0 Å². The van der Waals surface area contributed by atoms with E-state index in [1.54, 1.807) is 0 Å². The quantitative estimate of drug-likeness (QED) is 0.175. The summed E-state index contributed by atoms with van der Waals surface area (Å²) in [6.45, 7) is 13.9. The van der Waals surface area contributed by atoms with E-state index in [9.17, 15) is 0 Å². The third-order valence-electron chi connectivity index (χ3n) is 0.500. The first-order valence-corrected chi connectivity index (χ1v) is 1.66. The van der Waals surface area contributed by atoms with Crippen LogP contribution in [-0.2, 0) is 0 Å². The molecule has 34 valence electrons. The molecule has 0 aliphatic carbocycles. The molecule has 0 aliphatic rings. The van der Waals surface area contributed by atoms with Crippen molar-refractivity contribution >= 4 is 0 Å². The van der Waals surface area contributed by atoms with Gasteiger partial charge in [-0.3, -0.25) is 27.0 Å². The average molecular weight is 94.0 g/mol. The van der Waals surface area contributed by atoms with E-state index in [4.69, 9.17) is 0 Å². The fourth-order valence-corrected chi connectivity index (χ4v) is 0. The predicted molar refractivity (Wildman–Crippen MR) is 29.0 cm³/mol. The van der Waals surface area contributed by atoms with E-state index in [2.05, 4.69) is 27.0 Å². The molecule has 0 aromatic rings. The van der Waals surface area contributed by atoms with Crippen LogP contribution in [0.5, 0.6) is 0 Å². The zero-order valence-corrected chi connectivity index (χ0v) is 5.83. The van der Waals surface area contributed by atoms with Crippen LogP contribution >= 0.6 is 0 Å². The van der Waals surface area contributed by atoms with Crippen molar-refractivity contribution in [1.29, 1.82) is 0 Å². The number of allylic oxidation sites excluding steroid dienone is 2. The van der Waals surface area contributed by atoms with Crippen molar-refractivity contribution in [3.63, 3.8) is 0 Å². The van der Waals surface area contributed by atoms with Crippen molar-refractivity contribution in [2.75, 3.05) is 0 Å². The summed E-state index contributed by atoms with van der Waals surface area (Å²) in [6.07, 6.45) is 0. The Bertz CT molecular complexity index is 72.5. The van der Waals surface area contributed by atoms with Crippen LogP contribution in [0.4, 0.5) is 0 Å². The summed E-state index contributed by atoms with van der Waals surface area (Å²) in [5.74, 6) is 0. The topological polar surface area (TPSA) is 0 Å². The van der Waals surface area contributed by atoms with E-state index in [0.29, 0.717) is 11.1 Å². The SMILES string of the molecule is C=C([CH2-])C(=C)[CH2-].[Li+].[Li+]. The van der Waals surface area contributed by atoms with Crippen LogP contribution in [0.15, 0.2) is 24.3 Å². The van der Waals surface area contributed by atoms with Crippen molar-refractivity contribution in [2.45, 2.75) is 0 Å². The molecule has 8 heavy (non-hydrogen) atoms. The van der Waals surface area contributed by atoms with Gasteiger partial charge in [-0.15, -0.1) is 0 Å². The van der Waals surface area contributed by atoms with Gasteiger partial charge in [-0.25, -0.2) is 0 Å². The fraction of sp³-hybridized carbons (Fsp3) is 0. The minimum atomic E-state index is 0. The number of hydrogen-bond acceptors (Lipinski definition) is 0. The van der Waals surface area contributed by atoms with Crippen LogP contribution in [0, 0.1) is 13.8 Å². The summed E-state index contributed by atoms with van der Waals surface area (Å²) >= 11 is 0. The van der Waals surface area contributed by atoms with Gasteiger partial charge in [0.2, 0.25) is 0 Å². The van der Waals surface area contributed by atoms with Crippen molar-refractivity contribution in [1.82, 2.24) is 0 Å². The summed E-state index contributed by atoms with van der Waals surface area (Å²) in [6, 6.07) is 0. The van der Waals surface area contributed by atoms with Gasteiger partial charge in [0.1, 0.15) is 0 Å². The van der Waals surface area contributed by atoms with E-state index in [1.807, 2.05) is 0 Å². The van der Waals surface area contributed by atoms with Crippen LogP contribution in [-0.4, -0.2) is 0 Å². The van der Waals surface area contributed by atoms with Crippen LogP contribution < -0.4 is 37.7 Å². The van der Waals surface area contributed by atoms with Crippen LogP contribution in [0.25, 0.3) is 0 Å². The minimum Gasteiger partial charge on any atom is -0.307 e. The normalized spacial score (nSPS) is 5.50. The zero-order valence-electron chi connectivity index (χ0n) is 5.83. The van der Waals surface area contributed by atoms with Crippen molar-refractivity contribution < 1.29 is 37.7 Å². The molecular weight excluding hydrogens is 85.9 g/mol. The van der Waals surface area contributed by atoms with Gasteiger partial charge in [-0.2, -0.15) is 0 Å². The maximum absolute atomic E-state index is 3.48. The molecule has 0 aliphatic heterocycles. The van der Waals surface area contributed by atoms with Gasteiger partial charge in [-0.1, -0.05) is 0 Å². The molecule has 0 rings (SSSR count). The van der Waals surface area contributed by atoms with Crippen molar-refractivity contribution in [3.8, 4) is 0 Å². The van der Waals surface area contributed by atoms with Crippen LogP contribution in [0.3, 0.4) is 0 Å². The molecule has 0 saturated heterocycles. The van der Waals surface area contributed by atoms with Crippen LogP contribution in [0.1, 0.15) is 0 Å². The molecule has 0 radical (unpaired) electrons. The van der Waals surface area contributed by atoms with Crippen LogP contribution in [0.2, 0.25) is 0 Å². The molecule has 2 heteroatoms. The van der Waals surface area contributed by atoms with Gasteiger partial charge in [0, 0.05) is 0 Å². The summed E-state index contributed by atoms with van der Waals surface area (Å²) in [4.78, 5) is 0. The number of hydrogen-bond donors (Lipinski definition) is 0. The Labute approximate surface area is 75.8 Å². The molecule has 0 aromatic carbocycles. The molecular formula is C6H8Li2. The van der Waals surface area contributed by atoms with E-state index < -0.39 is 0 Å². The Morgan fingerprint density at radius 2 is 1.00 bits per heavy atom. The molecule has 0 amide bonds. The van der Waals surface area contributed by atoms with Gasteiger partial charge in [0.15, 0.2) is 0 Å². The minimum absolute atomic E-state index is 0. The molecule has 0 nitrogen and oxygen atoms in total. The summed E-state index contributed by atoms with van der Waals surface area (Å²) in [7, 11) is 0. The maximum Gasteiger partial charge on any atom is 1.00 e.